The molecule has 12 heavy (non-hydrogen) atoms. The van der Waals surface area contributed by atoms with E-state index in [2.05, 4.69) is 4.90 Å². The Kier molecular flexibility index (Phi) is 4.54. The molecule has 1 saturated carbocycles. The fourth-order valence-corrected chi connectivity index (χ4v) is 1.47. The average Bonchev–Trinajstić information content (AvgIpc) is 2.88. The number of rotatable bonds is 7. The molecule has 0 aromatic rings. The zero-order chi connectivity index (χ0) is 8.81. The van der Waals surface area contributed by atoms with Crippen molar-refractivity contribution >= 4 is 0 Å². The molecule has 1 rings (SSSR count). The van der Waals surface area contributed by atoms with Gasteiger partial charge in [-0.2, -0.15) is 0 Å². The monoisotopic (exact) mass is 174 g/mol. The quantitative estimate of drug-likeness (QED) is 0.627. The Morgan fingerprint density at radius 1 is 1.25 bits per heavy atom. The molecule has 1 aliphatic rings. The van der Waals surface area contributed by atoms with Crippen molar-refractivity contribution in [2.75, 3.05) is 26.3 Å². The second-order valence-electron chi connectivity index (χ2n) is 3.45. The van der Waals surface area contributed by atoms with E-state index in [-0.39, 0.29) is 6.67 Å². The van der Waals surface area contributed by atoms with Gasteiger partial charge in [-0.3, -0.25) is 4.39 Å². The van der Waals surface area contributed by atoms with Crippen LogP contribution < -0.4 is 5.73 Å². The summed E-state index contributed by atoms with van der Waals surface area (Å²) in [6.45, 7) is 2.53. The van der Waals surface area contributed by atoms with Crippen LogP contribution in [0.4, 0.5) is 4.39 Å². The molecule has 0 spiro atoms. The van der Waals surface area contributed by atoms with Gasteiger partial charge >= 0.3 is 0 Å². The van der Waals surface area contributed by atoms with E-state index >= 15 is 0 Å². The van der Waals surface area contributed by atoms with Crippen molar-refractivity contribution in [1.29, 1.82) is 0 Å². The third kappa shape index (κ3) is 3.50. The van der Waals surface area contributed by atoms with Crippen molar-refractivity contribution < 1.29 is 4.39 Å². The standard InChI is InChI=1S/C9H19FN2/c10-5-1-7-12(8-2-6-11)9-3-4-9/h9H,1-8,11H2. The van der Waals surface area contributed by atoms with E-state index in [0.717, 1.165) is 32.1 Å². The third-order valence-electron chi connectivity index (χ3n) is 2.29. The smallest absolute Gasteiger partial charge is 0.0906 e. The predicted molar refractivity (Wildman–Crippen MR) is 48.9 cm³/mol. The first kappa shape index (κ1) is 9.93. The Bertz CT molecular complexity index is 107. The maximum Gasteiger partial charge on any atom is 0.0906 e. The number of halogens is 1. The molecule has 0 atom stereocenters. The van der Waals surface area contributed by atoms with Crippen molar-refractivity contribution in [3.05, 3.63) is 0 Å². The summed E-state index contributed by atoms with van der Waals surface area (Å²) < 4.78 is 11.9. The van der Waals surface area contributed by atoms with Crippen molar-refractivity contribution in [2.45, 2.75) is 31.7 Å². The largest absolute Gasteiger partial charge is 0.330 e. The molecule has 0 bridgehead atoms. The van der Waals surface area contributed by atoms with Crippen molar-refractivity contribution in [3.63, 3.8) is 0 Å². The molecular formula is C9H19FN2. The van der Waals surface area contributed by atoms with Gasteiger partial charge in [-0.1, -0.05) is 0 Å². The summed E-state index contributed by atoms with van der Waals surface area (Å²) in [6.07, 6.45) is 4.33. The lowest BCUT2D eigenvalue weighted by atomic mass is 10.3. The van der Waals surface area contributed by atoms with Crippen molar-refractivity contribution in [3.8, 4) is 0 Å². The van der Waals surface area contributed by atoms with Crippen LogP contribution in [0, 0.1) is 0 Å². The highest BCUT2D eigenvalue weighted by molar-refractivity contribution is 4.84. The maximum absolute atomic E-state index is 11.9. The third-order valence-corrected chi connectivity index (χ3v) is 2.29. The van der Waals surface area contributed by atoms with Crippen LogP contribution in [-0.4, -0.2) is 37.3 Å². The summed E-state index contributed by atoms with van der Waals surface area (Å²) in [6, 6.07) is 0.753. The zero-order valence-electron chi connectivity index (χ0n) is 7.64. The first-order valence-corrected chi connectivity index (χ1v) is 4.88. The van der Waals surface area contributed by atoms with Crippen LogP contribution in [0.25, 0.3) is 0 Å². The highest BCUT2D eigenvalue weighted by Crippen LogP contribution is 2.26. The Morgan fingerprint density at radius 3 is 2.42 bits per heavy atom. The highest BCUT2D eigenvalue weighted by Gasteiger charge is 2.27. The van der Waals surface area contributed by atoms with Crippen LogP contribution in [0.1, 0.15) is 25.7 Å². The minimum atomic E-state index is -0.189. The van der Waals surface area contributed by atoms with Gasteiger partial charge in [0.15, 0.2) is 0 Å². The van der Waals surface area contributed by atoms with Crippen LogP contribution in [0.5, 0.6) is 0 Å². The fraction of sp³-hybridized carbons (Fsp3) is 1.00. The molecule has 2 nitrogen and oxygen atoms in total. The first-order valence-electron chi connectivity index (χ1n) is 4.88. The molecule has 0 unspecified atom stereocenters. The van der Waals surface area contributed by atoms with Gasteiger partial charge in [0.05, 0.1) is 6.67 Å². The Morgan fingerprint density at radius 2 is 1.92 bits per heavy atom. The van der Waals surface area contributed by atoms with E-state index in [4.69, 9.17) is 5.73 Å². The Labute approximate surface area is 73.9 Å². The molecule has 1 aliphatic carbocycles. The molecule has 3 heteroatoms. The zero-order valence-corrected chi connectivity index (χ0v) is 7.64. The van der Waals surface area contributed by atoms with Gasteiger partial charge in [-0.15, -0.1) is 0 Å². The summed E-state index contributed by atoms with van der Waals surface area (Å²) in [5, 5.41) is 0. The number of nitrogens with zero attached hydrogens (tertiary/aromatic N) is 1. The molecule has 0 radical (unpaired) electrons. The molecular weight excluding hydrogens is 155 g/mol. The van der Waals surface area contributed by atoms with Crippen LogP contribution in [0.2, 0.25) is 0 Å². The Hall–Kier alpha value is -0.150. The molecule has 2 N–H and O–H groups in total. The molecule has 0 heterocycles. The Balaban J connectivity index is 2.09. The van der Waals surface area contributed by atoms with Crippen LogP contribution >= 0.6 is 0 Å². The van der Waals surface area contributed by atoms with E-state index < -0.39 is 0 Å². The molecule has 0 saturated heterocycles. The van der Waals surface area contributed by atoms with E-state index in [1.54, 1.807) is 0 Å². The normalized spacial score (nSPS) is 17.2. The second kappa shape index (κ2) is 5.49. The molecule has 0 amide bonds. The summed E-state index contributed by atoms with van der Waals surface area (Å²) in [5.41, 5.74) is 5.43. The topological polar surface area (TPSA) is 29.3 Å². The molecule has 0 aromatic carbocycles. The summed E-state index contributed by atoms with van der Waals surface area (Å²) >= 11 is 0. The van der Waals surface area contributed by atoms with Gasteiger partial charge in [0.25, 0.3) is 0 Å². The number of hydrogen-bond donors (Lipinski definition) is 1. The summed E-state index contributed by atoms with van der Waals surface area (Å²) in [5.74, 6) is 0. The van der Waals surface area contributed by atoms with Gasteiger partial charge in [-0.25, -0.2) is 0 Å². The minimum Gasteiger partial charge on any atom is -0.330 e. The lowest BCUT2D eigenvalue weighted by Crippen LogP contribution is -2.29. The second-order valence-corrected chi connectivity index (χ2v) is 3.45. The SMILES string of the molecule is NCCCN(CCCF)C1CC1. The van der Waals surface area contributed by atoms with E-state index in [1.807, 2.05) is 0 Å². The number of nitrogens with two attached hydrogens (primary N) is 1. The predicted octanol–water partition coefficient (Wildman–Crippen LogP) is 1.16. The van der Waals surface area contributed by atoms with Crippen molar-refractivity contribution in [1.82, 2.24) is 4.90 Å². The van der Waals surface area contributed by atoms with Crippen LogP contribution in [0.15, 0.2) is 0 Å². The lowest BCUT2D eigenvalue weighted by molar-refractivity contribution is 0.248. The summed E-state index contributed by atoms with van der Waals surface area (Å²) in [7, 11) is 0. The van der Waals surface area contributed by atoms with Gasteiger partial charge in [0.1, 0.15) is 0 Å². The van der Waals surface area contributed by atoms with E-state index in [1.165, 1.54) is 12.8 Å². The van der Waals surface area contributed by atoms with Gasteiger partial charge in [-0.05, 0) is 38.8 Å². The molecule has 1 fully saturated rings. The van der Waals surface area contributed by atoms with Gasteiger partial charge in [0, 0.05) is 12.6 Å². The molecule has 0 aliphatic heterocycles. The van der Waals surface area contributed by atoms with Crippen LogP contribution in [0.3, 0.4) is 0 Å². The van der Waals surface area contributed by atoms with Gasteiger partial charge < -0.3 is 10.6 Å². The maximum atomic E-state index is 11.9. The molecule has 0 aromatic heterocycles. The number of alkyl halides is 1. The average molecular weight is 174 g/mol. The highest BCUT2D eigenvalue weighted by atomic mass is 19.1. The number of hydrogen-bond acceptors (Lipinski definition) is 2. The van der Waals surface area contributed by atoms with Gasteiger partial charge in [0.2, 0.25) is 0 Å². The fourth-order valence-electron chi connectivity index (χ4n) is 1.47. The van der Waals surface area contributed by atoms with Crippen LogP contribution in [-0.2, 0) is 0 Å². The minimum absolute atomic E-state index is 0.189. The lowest BCUT2D eigenvalue weighted by Gasteiger charge is -2.20. The van der Waals surface area contributed by atoms with Crippen molar-refractivity contribution in [2.24, 2.45) is 5.73 Å². The summed E-state index contributed by atoms with van der Waals surface area (Å²) in [4.78, 5) is 2.38. The van der Waals surface area contributed by atoms with E-state index in [9.17, 15) is 4.39 Å². The first-order chi connectivity index (χ1) is 5.88. The molecule has 72 valence electrons. The van der Waals surface area contributed by atoms with E-state index in [0.29, 0.717) is 6.42 Å².